The monoisotopic (exact) mass is 425 g/mol. The van der Waals surface area contributed by atoms with E-state index in [1.54, 1.807) is 26.0 Å². The Morgan fingerprint density at radius 1 is 0.862 bits per heavy atom. The minimum absolute atomic E-state index is 0.0501. The van der Waals surface area contributed by atoms with Gasteiger partial charge in [-0.3, -0.25) is 4.79 Å². The summed E-state index contributed by atoms with van der Waals surface area (Å²) in [5, 5.41) is 2.79. The van der Waals surface area contributed by atoms with Crippen LogP contribution in [0.25, 0.3) is 0 Å². The van der Waals surface area contributed by atoms with Crippen LogP contribution in [-0.4, -0.2) is 25.4 Å². The van der Waals surface area contributed by atoms with Crippen molar-refractivity contribution in [1.82, 2.24) is 0 Å². The van der Waals surface area contributed by atoms with Gasteiger partial charge in [-0.05, 0) is 49.4 Å². The van der Waals surface area contributed by atoms with Crippen LogP contribution < -0.4 is 14.8 Å². The van der Waals surface area contributed by atoms with Crippen molar-refractivity contribution in [3.05, 3.63) is 72.8 Å². The Balaban J connectivity index is 1.69. The summed E-state index contributed by atoms with van der Waals surface area (Å²) in [6, 6.07) is 23.6. The molecule has 0 heterocycles. The molecule has 29 heavy (non-hydrogen) atoms. The standard InChI is InChI=1S/C23H23NO3S2/c1-16(28-18-13-14-20(26-2)21(15-18)27-3)23(25)24-19-11-7-8-12-22(19)29-17-9-5-4-6-10-17/h4-16H,1-3H3,(H,24,25)/t16-/m0/s1. The second kappa shape index (κ2) is 10.3. The molecule has 0 radical (unpaired) electrons. The van der Waals surface area contributed by atoms with E-state index < -0.39 is 0 Å². The largest absolute Gasteiger partial charge is 0.493 e. The van der Waals surface area contributed by atoms with E-state index in [9.17, 15) is 4.79 Å². The minimum Gasteiger partial charge on any atom is -0.493 e. The van der Waals surface area contributed by atoms with Gasteiger partial charge in [-0.1, -0.05) is 42.1 Å². The van der Waals surface area contributed by atoms with Crippen molar-refractivity contribution in [2.24, 2.45) is 0 Å². The van der Waals surface area contributed by atoms with Gasteiger partial charge in [0.05, 0.1) is 25.2 Å². The van der Waals surface area contributed by atoms with Crippen molar-refractivity contribution >= 4 is 35.1 Å². The number of methoxy groups -OCH3 is 2. The van der Waals surface area contributed by atoms with Crippen LogP contribution in [0.3, 0.4) is 0 Å². The fourth-order valence-corrected chi connectivity index (χ4v) is 4.47. The molecule has 0 aliphatic carbocycles. The number of para-hydroxylation sites is 1. The lowest BCUT2D eigenvalue weighted by Gasteiger charge is -2.15. The average Bonchev–Trinajstić information content (AvgIpc) is 2.75. The van der Waals surface area contributed by atoms with Gasteiger partial charge in [-0.25, -0.2) is 0 Å². The van der Waals surface area contributed by atoms with Gasteiger partial charge in [0.25, 0.3) is 0 Å². The topological polar surface area (TPSA) is 47.6 Å². The van der Waals surface area contributed by atoms with Gasteiger partial charge in [0.15, 0.2) is 11.5 Å². The molecule has 3 rings (SSSR count). The zero-order chi connectivity index (χ0) is 20.6. The van der Waals surface area contributed by atoms with Crippen LogP contribution in [-0.2, 0) is 4.79 Å². The minimum atomic E-state index is -0.275. The lowest BCUT2D eigenvalue weighted by atomic mass is 10.3. The molecule has 6 heteroatoms. The number of hydrogen-bond donors (Lipinski definition) is 1. The van der Waals surface area contributed by atoms with Gasteiger partial charge < -0.3 is 14.8 Å². The molecule has 0 aliphatic heterocycles. The number of ether oxygens (including phenoxy) is 2. The summed E-state index contributed by atoms with van der Waals surface area (Å²) >= 11 is 3.10. The molecule has 0 aromatic heterocycles. The van der Waals surface area contributed by atoms with Gasteiger partial charge in [0.1, 0.15) is 0 Å². The molecule has 0 fully saturated rings. The SMILES string of the molecule is COc1ccc(S[C@@H](C)C(=O)Nc2ccccc2Sc2ccccc2)cc1OC. The van der Waals surface area contributed by atoms with Gasteiger partial charge in [0.2, 0.25) is 5.91 Å². The molecular weight excluding hydrogens is 402 g/mol. The zero-order valence-corrected chi connectivity index (χ0v) is 18.2. The highest BCUT2D eigenvalue weighted by molar-refractivity contribution is 8.00. The lowest BCUT2D eigenvalue weighted by molar-refractivity contribution is -0.115. The third kappa shape index (κ3) is 5.71. The summed E-state index contributed by atoms with van der Waals surface area (Å²) in [5.41, 5.74) is 0.811. The number of carbonyl (C=O) groups is 1. The smallest absolute Gasteiger partial charge is 0.237 e. The summed E-state index contributed by atoms with van der Waals surface area (Å²) in [4.78, 5) is 15.9. The maximum Gasteiger partial charge on any atom is 0.237 e. The van der Waals surface area contributed by atoms with E-state index in [1.165, 1.54) is 11.8 Å². The van der Waals surface area contributed by atoms with E-state index in [-0.39, 0.29) is 11.2 Å². The molecule has 3 aromatic rings. The van der Waals surface area contributed by atoms with Crippen LogP contribution in [0, 0.1) is 0 Å². The Labute approximate surface area is 180 Å². The highest BCUT2D eigenvalue weighted by Crippen LogP contribution is 2.35. The first-order valence-electron chi connectivity index (χ1n) is 9.12. The van der Waals surface area contributed by atoms with Crippen LogP contribution in [0.5, 0.6) is 11.5 Å². The highest BCUT2D eigenvalue weighted by atomic mass is 32.2. The maximum absolute atomic E-state index is 12.8. The van der Waals surface area contributed by atoms with Crippen molar-refractivity contribution in [3.63, 3.8) is 0 Å². The summed E-state index contributed by atoms with van der Waals surface area (Å²) in [5.74, 6) is 1.27. The molecule has 0 spiro atoms. The quantitative estimate of drug-likeness (QED) is 0.450. The van der Waals surface area contributed by atoms with Crippen molar-refractivity contribution in [2.45, 2.75) is 26.9 Å². The number of benzene rings is 3. The maximum atomic E-state index is 12.8. The van der Waals surface area contributed by atoms with Crippen LogP contribution in [0.15, 0.2) is 87.5 Å². The van der Waals surface area contributed by atoms with Gasteiger partial charge in [-0.15, -0.1) is 11.8 Å². The summed E-state index contributed by atoms with van der Waals surface area (Å²) < 4.78 is 10.6. The van der Waals surface area contributed by atoms with Gasteiger partial charge >= 0.3 is 0 Å². The Morgan fingerprint density at radius 3 is 2.28 bits per heavy atom. The van der Waals surface area contributed by atoms with E-state index in [4.69, 9.17) is 9.47 Å². The number of thioether (sulfide) groups is 1. The number of rotatable bonds is 8. The third-order valence-corrected chi connectivity index (χ3v) is 6.33. The predicted molar refractivity (Wildman–Crippen MR) is 121 cm³/mol. The number of anilines is 1. The first-order valence-corrected chi connectivity index (χ1v) is 10.8. The lowest BCUT2D eigenvalue weighted by Crippen LogP contribution is -2.22. The van der Waals surface area contributed by atoms with Crippen LogP contribution in [0.2, 0.25) is 0 Å². The average molecular weight is 426 g/mol. The summed E-state index contributed by atoms with van der Waals surface area (Å²) in [7, 11) is 3.20. The van der Waals surface area contributed by atoms with Gasteiger partial charge in [0, 0.05) is 14.7 Å². The molecule has 0 unspecified atom stereocenters. The zero-order valence-electron chi connectivity index (χ0n) is 16.5. The Hall–Kier alpha value is -2.57. The van der Waals surface area contributed by atoms with Crippen molar-refractivity contribution < 1.29 is 14.3 Å². The van der Waals surface area contributed by atoms with Crippen LogP contribution in [0.4, 0.5) is 5.69 Å². The van der Waals surface area contributed by atoms with E-state index in [1.807, 2.05) is 67.6 Å². The molecule has 0 saturated carbocycles. The predicted octanol–water partition coefficient (Wildman–Crippen LogP) is 5.97. The van der Waals surface area contributed by atoms with Crippen molar-refractivity contribution in [2.75, 3.05) is 19.5 Å². The number of hydrogen-bond acceptors (Lipinski definition) is 5. The molecule has 1 N–H and O–H groups in total. The van der Waals surface area contributed by atoms with E-state index in [2.05, 4.69) is 17.4 Å². The first-order chi connectivity index (χ1) is 14.1. The number of carbonyl (C=O) groups excluding carboxylic acids is 1. The van der Waals surface area contributed by atoms with Crippen LogP contribution in [0.1, 0.15) is 6.92 Å². The van der Waals surface area contributed by atoms with Crippen LogP contribution >= 0.6 is 23.5 Å². The fraction of sp³-hybridized carbons (Fsp3) is 0.174. The third-order valence-electron chi connectivity index (χ3n) is 4.15. The fourth-order valence-electron chi connectivity index (χ4n) is 2.66. The molecule has 0 bridgehead atoms. The molecule has 1 amide bonds. The summed E-state index contributed by atoms with van der Waals surface area (Å²) in [6.45, 7) is 1.89. The Morgan fingerprint density at radius 2 is 1.55 bits per heavy atom. The molecule has 1 atom stereocenters. The molecule has 4 nitrogen and oxygen atoms in total. The van der Waals surface area contributed by atoms with Crippen molar-refractivity contribution in [3.8, 4) is 11.5 Å². The highest BCUT2D eigenvalue weighted by Gasteiger charge is 2.17. The first kappa shape index (κ1) is 21.1. The molecule has 150 valence electrons. The molecular formula is C23H23NO3S2. The molecule has 0 aliphatic rings. The number of nitrogens with one attached hydrogen (secondary N) is 1. The number of amides is 1. The molecule has 0 saturated heterocycles. The van der Waals surface area contributed by atoms with Crippen molar-refractivity contribution in [1.29, 1.82) is 0 Å². The van der Waals surface area contributed by atoms with Gasteiger partial charge in [-0.2, -0.15) is 0 Å². The Kier molecular flexibility index (Phi) is 7.49. The molecule has 3 aromatic carbocycles. The summed E-state index contributed by atoms with van der Waals surface area (Å²) in [6.07, 6.45) is 0. The second-order valence-corrected chi connectivity index (χ2v) is 8.71. The second-order valence-electron chi connectivity index (χ2n) is 6.18. The normalized spacial score (nSPS) is 11.6. The Bertz CT molecular complexity index is 963. The van der Waals surface area contributed by atoms with E-state index in [0.717, 1.165) is 20.4 Å². The van der Waals surface area contributed by atoms with E-state index >= 15 is 0 Å². The van der Waals surface area contributed by atoms with E-state index in [0.29, 0.717) is 11.5 Å².